The van der Waals surface area contributed by atoms with Crippen molar-refractivity contribution in [3.63, 3.8) is 0 Å². The molecule has 4 nitrogen and oxygen atoms in total. The van der Waals surface area contributed by atoms with Crippen molar-refractivity contribution in [1.82, 2.24) is 5.32 Å². The van der Waals surface area contributed by atoms with E-state index in [9.17, 15) is 9.18 Å². The van der Waals surface area contributed by atoms with Gasteiger partial charge in [-0.3, -0.25) is 4.79 Å². The highest BCUT2D eigenvalue weighted by Crippen LogP contribution is 2.28. The molecule has 0 aliphatic heterocycles. The third kappa shape index (κ3) is 3.80. The Balaban J connectivity index is 1.55. The van der Waals surface area contributed by atoms with E-state index in [-0.39, 0.29) is 23.3 Å². The van der Waals surface area contributed by atoms with E-state index in [4.69, 9.17) is 20.8 Å². The Morgan fingerprint density at radius 1 is 1.36 bits per heavy atom. The predicted octanol–water partition coefficient (Wildman–Crippen LogP) is 3.79. The van der Waals surface area contributed by atoms with Crippen molar-refractivity contribution >= 4 is 17.5 Å². The summed E-state index contributed by atoms with van der Waals surface area (Å²) in [6.07, 6.45) is 2.35. The van der Waals surface area contributed by atoms with Gasteiger partial charge in [0.1, 0.15) is 23.9 Å². The van der Waals surface area contributed by atoms with Gasteiger partial charge in [-0.2, -0.15) is 0 Å². The van der Waals surface area contributed by atoms with Crippen LogP contribution in [0.25, 0.3) is 0 Å². The maximum Gasteiger partial charge on any atom is 0.287 e. The van der Waals surface area contributed by atoms with Crippen LogP contribution in [0.2, 0.25) is 5.02 Å². The second-order valence-corrected chi connectivity index (χ2v) is 5.69. The molecular formula is C16H15ClFNO3. The van der Waals surface area contributed by atoms with E-state index in [2.05, 4.69) is 5.32 Å². The van der Waals surface area contributed by atoms with Crippen LogP contribution in [0.4, 0.5) is 4.39 Å². The van der Waals surface area contributed by atoms with Crippen molar-refractivity contribution in [2.75, 3.05) is 6.54 Å². The van der Waals surface area contributed by atoms with E-state index in [1.807, 2.05) is 0 Å². The van der Waals surface area contributed by atoms with Gasteiger partial charge in [-0.1, -0.05) is 11.6 Å². The average Bonchev–Trinajstić information content (AvgIpc) is 3.20. The van der Waals surface area contributed by atoms with Crippen LogP contribution < -0.4 is 10.1 Å². The maximum absolute atomic E-state index is 12.9. The SMILES string of the molecule is O=C(NCC1CC1)c1ccc(COc2ccc(F)cc2Cl)o1. The number of nitrogens with one attached hydrogen (secondary N) is 1. The lowest BCUT2D eigenvalue weighted by Gasteiger charge is -2.06. The second-order valence-electron chi connectivity index (χ2n) is 5.28. The topological polar surface area (TPSA) is 51.5 Å². The predicted molar refractivity (Wildman–Crippen MR) is 79.5 cm³/mol. The molecule has 0 radical (unpaired) electrons. The van der Waals surface area contributed by atoms with Crippen LogP contribution in [0.1, 0.15) is 29.2 Å². The molecule has 1 aliphatic rings. The molecule has 1 amide bonds. The molecule has 3 rings (SSSR count). The molecule has 0 spiro atoms. The zero-order valence-electron chi connectivity index (χ0n) is 11.8. The van der Waals surface area contributed by atoms with Crippen molar-refractivity contribution in [3.8, 4) is 5.75 Å². The highest BCUT2D eigenvalue weighted by Gasteiger charge is 2.22. The largest absolute Gasteiger partial charge is 0.484 e. The molecule has 0 saturated heterocycles. The lowest BCUT2D eigenvalue weighted by Crippen LogP contribution is -2.24. The van der Waals surface area contributed by atoms with Crippen LogP contribution in [-0.2, 0) is 6.61 Å². The number of halogens is 2. The van der Waals surface area contributed by atoms with Crippen LogP contribution in [-0.4, -0.2) is 12.5 Å². The van der Waals surface area contributed by atoms with Crippen LogP contribution in [0.3, 0.4) is 0 Å². The minimum Gasteiger partial charge on any atom is -0.484 e. The molecule has 1 N–H and O–H groups in total. The van der Waals surface area contributed by atoms with E-state index in [1.54, 1.807) is 12.1 Å². The van der Waals surface area contributed by atoms with Gasteiger partial charge in [0.2, 0.25) is 0 Å². The summed E-state index contributed by atoms with van der Waals surface area (Å²) in [5.74, 6) is 1.07. The van der Waals surface area contributed by atoms with Crippen molar-refractivity contribution < 1.29 is 18.3 Å². The molecule has 1 aliphatic carbocycles. The Morgan fingerprint density at radius 3 is 2.91 bits per heavy atom. The molecule has 1 aromatic carbocycles. The first-order chi connectivity index (χ1) is 10.6. The zero-order chi connectivity index (χ0) is 15.5. The first-order valence-corrected chi connectivity index (χ1v) is 7.44. The quantitative estimate of drug-likeness (QED) is 0.880. The van der Waals surface area contributed by atoms with Crippen LogP contribution in [0.15, 0.2) is 34.7 Å². The summed E-state index contributed by atoms with van der Waals surface area (Å²) in [4.78, 5) is 11.8. The Hall–Kier alpha value is -2.01. The summed E-state index contributed by atoms with van der Waals surface area (Å²) in [6, 6.07) is 7.16. The number of hydrogen-bond donors (Lipinski definition) is 1. The third-order valence-electron chi connectivity index (χ3n) is 3.40. The fourth-order valence-electron chi connectivity index (χ4n) is 1.96. The Morgan fingerprint density at radius 2 is 2.18 bits per heavy atom. The number of benzene rings is 1. The molecule has 0 bridgehead atoms. The summed E-state index contributed by atoms with van der Waals surface area (Å²) in [6.45, 7) is 0.803. The number of amides is 1. The summed E-state index contributed by atoms with van der Waals surface area (Å²) in [5, 5.41) is 3.02. The minimum absolute atomic E-state index is 0.112. The Kier molecular flexibility index (Phi) is 4.34. The lowest BCUT2D eigenvalue weighted by atomic mass is 10.3. The molecule has 1 aromatic heterocycles. The molecule has 22 heavy (non-hydrogen) atoms. The monoisotopic (exact) mass is 323 g/mol. The molecule has 0 atom stereocenters. The van der Waals surface area contributed by atoms with Gasteiger partial charge in [-0.15, -0.1) is 0 Å². The second kappa shape index (κ2) is 6.40. The standard InChI is InChI=1S/C16H15ClFNO3/c17-13-7-11(18)3-5-14(13)21-9-12-4-6-15(22-12)16(20)19-8-10-1-2-10/h3-7,10H,1-2,8-9H2,(H,19,20). The van der Waals surface area contributed by atoms with E-state index >= 15 is 0 Å². The Bertz CT molecular complexity index is 682. The highest BCUT2D eigenvalue weighted by molar-refractivity contribution is 6.32. The van der Waals surface area contributed by atoms with Gasteiger partial charge in [0.05, 0.1) is 5.02 Å². The molecule has 6 heteroatoms. The van der Waals surface area contributed by atoms with Crippen molar-refractivity contribution in [1.29, 1.82) is 0 Å². The van der Waals surface area contributed by atoms with Gasteiger partial charge >= 0.3 is 0 Å². The molecular weight excluding hydrogens is 309 g/mol. The van der Waals surface area contributed by atoms with Crippen LogP contribution in [0, 0.1) is 11.7 Å². The van der Waals surface area contributed by atoms with Crippen LogP contribution >= 0.6 is 11.6 Å². The number of furan rings is 1. The van der Waals surface area contributed by atoms with E-state index in [0.717, 1.165) is 0 Å². The number of carbonyl (C=O) groups is 1. The van der Waals surface area contributed by atoms with E-state index < -0.39 is 5.82 Å². The van der Waals surface area contributed by atoms with Crippen molar-refractivity contribution in [2.45, 2.75) is 19.4 Å². The number of ether oxygens (including phenoxy) is 1. The molecule has 1 fully saturated rings. The fourth-order valence-corrected chi connectivity index (χ4v) is 2.19. The highest BCUT2D eigenvalue weighted by atomic mass is 35.5. The third-order valence-corrected chi connectivity index (χ3v) is 3.69. The smallest absolute Gasteiger partial charge is 0.287 e. The number of hydrogen-bond acceptors (Lipinski definition) is 3. The van der Waals surface area contributed by atoms with E-state index in [0.29, 0.717) is 24.0 Å². The minimum atomic E-state index is -0.426. The van der Waals surface area contributed by atoms with Gasteiger partial charge in [0.15, 0.2) is 5.76 Å². The normalized spacial score (nSPS) is 13.9. The molecule has 2 aromatic rings. The summed E-state index contributed by atoms with van der Waals surface area (Å²) >= 11 is 5.87. The average molecular weight is 324 g/mol. The number of rotatable bonds is 6. The van der Waals surface area contributed by atoms with Gasteiger partial charge in [-0.25, -0.2) is 4.39 Å². The maximum atomic E-state index is 12.9. The lowest BCUT2D eigenvalue weighted by molar-refractivity contribution is 0.0920. The van der Waals surface area contributed by atoms with Gasteiger partial charge in [0.25, 0.3) is 5.91 Å². The van der Waals surface area contributed by atoms with Gasteiger partial charge < -0.3 is 14.5 Å². The number of carbonyl (C=O) groups excluding carboxylic acids is 1. The van der Waals surface area contributed by atoms with E-state index in [1.165, 1.54) is 31.0 Å². The first kappa shape index (κ1) is 14.9. The summed E-state index contributed by atoms with van der Waals surface area (Å²) in [5.41, 5.74) is 0. The van der Waals surface area contributed by atoms with Crippen LogP contribution in [0.5, 0.6) is 5.75 Å². The van der Waals surface area contributed by atoms with Gasteiger partial charge in [0, 0.05) is 6.54 Å². The summed E-state index contributed by atoms with van der Waals surface area (Å²) < 4.78 is 23.8. The van der Waals surface area contributed by atoms with Gasteiger partial charge in [-0.05, 0) is 49.1 Å². The fraction of sp³-hybridized carbons (Fsp3) is 0.312. The molecule has 0 unspecified atom stereocenters. The zero-order valence-corrected chi connectivity index (χ0v) is 12.5. The first-order valence-electron chi connectivity index (χ1n) is 7.06. The molecule has 1 saturated carbocycles. The van der Waals surface area contributed by atoms with Crippen molar-refractivity contribution in [2.24, 2.45) is 5.92 Å². The molecule has 116 valence electrons. The van der Waals surface area contributed by atoms with Crippen molar-refractivity contribution in [3.05, 3.63) is 52.7 Å². The summed E-state index contributed by atoms with van der Waals surface area (Å²) in [7, 11) is 0. The molecule has 1 heterocycles. The Labute approximate surface area is 132 Å².